The van der Waals surface area contributed by atoms with E-state index in [2.05, 4.69) is 4.72 Å². The van der Waals surface area contributed by atoms with Gasteiger partial charge in [-0.3, -0.25) is 0 Å². The van der Waals surface area contributed by atoms with Crippen LogP contribution in [0.15, 0.2) is 17.0 Å². The quantitative estimate of drug-likeness (QED) is 0.824. The first-order valence-electron chi connectivity index (χ1n) is 6.53. The zero-order valence-corrected chi connectivity index (χ0v) is 12.2. The van der Waals surface area contributed by atoms with Gasteiger partial charge < -0.3 is 10.5 Å². The van der Waals surface area contributed by atoms with Gasteiger partial charge in [0, 0.05) is 13.2 Å². The number of benzene rings is 1. The van der Waals surface area contributed by atoms with Crippen LogP contribution < -0.4 is 10.5 Å². The number of rotatable bonds is 4. The molecule has 1 atom stereocenters. The molecule has 1 aliphatic rings. The zero-order valence-electron chi connectivity index (χ0n) is 11.4. The lowest BCUT2D eigenvalue weighted by Crippen LogP contribution is -2.33. The van der Waals surface area contributed by atoms with E-state index in [1.54, 1.807) is 6.92 Å². The predicted octanol–water partition coefficient (Wildman–Crippen LogP) is 1.42. The standard InChI is InChI=1S/C13H19FN2O3S/c1-9-5-11(14)12(15)6-13(9)20(17,18)16-7-10-3-2-4-19-8-10/h5-6,10,16H,2-4,7-8,15H2,1H3. The molecule has 1 aromatic carbocycles. The van der Waals surface area contributed by atoms with Crippen molar-refractivity contribution < 1.29 is 17.5 Å². The van der Waals surface area contributed by atoms with E-state index in [0.717, 1.165) is 31.6 Å². The highest BCUT2D eigenvalue weighted by Crippen LogP contribution is 2.22. The molecule has 1 saturated heterocycles. The summed E-state index contributed by atoms with van der Waals surface area (Å²) in [5.41, 5.74) is 5.61. The molecule has 1 aliphatic heterocycles. The van der Waals surface area contributed by atoms with Crippen LogP contribution in [0.4, 0.5) is 10.1 Å². The minimum absolute atomic E-state index is 0.0214. The number of hydrogen-bond donors (Lipinski definition) is 2. The number of nitrogens with two attached hydrogens (primary N) is 1. The van der Waals surface area contributed by atoms with Gasteiger partial charge in [-0.15, -0.1) is 0 Å². The number of aryl methyl sites for hydroxylation is 1. The first-order chi connectivity index (χ1) is 9.40. The molecule has 0 saturated carbocycles. The number of nitrogens with one attached hydrogen (secondary N) is 1. The van der Waals surface area contributed by atoms with Gasteiger partial charge in [-0.2, -0.15) is 0 Å². The van der Waals surface area contributed by atoms with Crippen molar-refractivity contribution in [2.75, 3.05) is 25.5 Å². The van der Waals surface area contributed by atoms with Gasteiger partial charge in [-0.05, 0) is 43.4 Å². The van der Waals surface area contributed by atoms with E-state index in [1.807, 2.05) is 0 Å². The minimum atomic E-state index is -3.68. The lowest BCUT2D eigenvalue weighted by atomic mass is 10.0. The van der Waals surface area contributed by atoms with Crippen molar-refractivity contribution in [1.82, 2.24) is 4.72 Å². The summed E-state index contributed by atoms with van der Waals surface area (Å²) >= 11 is 0. The topological polar surface area (TPSA) is 81.4 Å². The maximum absolute atomic E-state index is 13.3. The fourth-order valence-corrected chi connectivity index (χ4v) is 3.61. The van der Waals surface area contributed by atoms with Crippen LogP contribution in [0, 0.1) is 18.7 Å². The van der Waals surface area contributed by atoms with Crippen molar-refractivity contribution in [2.45, 2.75) is 24.7 Å². The molecule has 1 fully saturated rings. The molecule has 0 aliphatic carbocycles. The van der Waals surface area contributed by atoms with Gasteiger partial charge >= 0.3 is 0 Å². The second kappa shape index (κ2) is 6.07. The van der Waals surface area contributed by atoms with Crippen molar-refractivity contribution in [1.29, 1.82) is 0 Å². The normalized spacial score (nSPS) is 20.0. The second-order valence-corrected chi connectivity index (χ2v) is 6.81. The summed E-state index contributed by atoms with van der Waals surface area (Å²) in [5.74, 6) is -0.432. The van der Waals surface area contributed by atoms with Gasteiger partial charge in [-0.1, -0.05) is 0 Å². The number of nitrogen functional groups attached to an aromatic ring is 1. The summed E-state index contributed by atoms with van der Waals surface area (Å²) in [6.45, 7) is 3.16. The molecule has 0 bridgehead atoms. The number of halogens is 1. The Morgan fingerprint density at radius 3 is 2.90 bits per heavy atom. The molecule has 2 rings (SSSR count). The molecule has 0 aromatic heterocycles. The van der Waals surface area contributed by atoms with Gasteiger partial charge in [0.15, 0.2) is 0 Å². The first kappa shape index (κ1) is 15.2. The number of hydrogen-bond acceptors (Lipinski definition) is 4. The van der Waals surface area contributed by atoms with Crippen molar-refractivity contribution in [3.8, 4) is 0 Å². The van der Waals surface area contributed by atoms with Gasteiger partial charge in [0.25, 0.3) is 0 Å². The highest BCUT2D eigenvalue weighted by molar-refractivity contribution is 7.89. The summed E-state index contributed by atoms with van der Waals surface area (Å²) in [4.78, 5) is 0.0214. The van der Waals surface area contributed by atoms with Crippen LogP contribution in [0.25, 0.3) is 0 Å². The van der Waals surface area contributed by atoms with Gasteiger partial charge in [-0.25, -0.2) is 17.5 Å². The highest BCUT2D eigenvalue weighted by atomic mass is 32.2. The molecule has 1 aromatic rings. The Bertz CT molecular complexity index is 584. The van der Waals surface area contributed by atoms with Crippen LogP contribution in [0.2, 0.25) is 0 Å². The lowest BCUT2D eigenvalue weighted by Gasteiger charge is -2.22. The van der Waals surface area contributed by atoms with E-state index < -0.39 is 15.8 Å². The Kier molecular flexibility index (Phi) is 4.62. The predicted molar refractivity (Wildman–Crippen MR) is 74.3 cm³/mol. The molecular weight excluding hydrogens is 283 g/mol. The monoisotopic (exact) mass is 302 g/mol. The number of anilines is 1. The third-order valence-electron chi connectivity index (χ3n) is 3.40. The molecule has 5 nitrogen and oxygen atoms in total. The Morgan fingerprint density at radius 1 is 1.50 bits per heavy atom. The van der Waals surface area contributed by atoms with Crippen molar-refractivity contribution in [3.63, 3.8) is 0 Å². The molecule has 1 unspecified atom stereocenters. The molecule has 112 valence electrons. The van der Waals surface area contributed by atoms with E-state index in [9.17, 15) is 12.8 Å². The lowest BCUT2D eigenvalue weighted by molar-refractivity contribution is 0.0568. The SMILES string of the molecule is Cc1cc(F)c(N)cc1S(=O)(=O)NCC1CCCOC1. The van der Waals surface area contributed by atoms with Crippen molar-refractivity contribution in [2.24, 2.45) is 5.92 Å². The molecular formula is C13H19FN2O3S. The Hall–Kier alpha value is -1.18. The highest BCUT2D eigenvalue weighted by Gasteiger charge is 2.21. The maximum Gasteiger partial charge on any atom is 0.240 e. The van der Waals surface area contributed by atoms with Gasteiger partial charge in [0.2, 0.25) is 10.0 Å². The van der Waals surface area contributed by atoms with Crippen LogP contribution in [-0.4, -0.2) is 28.2 Å². The fourth-order valence-electron chi connectivity index (χ4n) is 2.23. The Labute approximate surface area is 118 Å². The van der Waals surface area contributed by atoms with Crippen molar-refractivity contribution >= 4 is 15.7 Å². The van der Waals surface area contributed by atoms with E-state index in [-0.39, 0.29) is 16.5 Å². The summed E-state index contributed by atoms with van der Waals surface area (Å²) in [6.07, 6.45) is 1.88. The molecule has 0 radical (unpaired) electrons. The molecule has 0 amide bonds. The fraction of sp³-hybridized carbons (Fsp3) is 0.538. The largest absolute Gasteiger partial charge is 0.396 e. The summed E-state index contributed by atoms with van der Waals surface area (Å²) in [6, 6.07) is 2.29. The van der Waals surface area contributed by atoms with Crippen molar-refractivity contribution in [3.05, 3.63) is 23.5 Å². The average Bonchev–Trinajstić information content (AvgIpc) is 2.42. The van der Waals surface area contributed by atoms with Gasteiger partial charge in [0.1, 0.15) is 5.82 Å². The minimum Gasteiger partial charge on any atom is -0.396 e. The third-order valence-corrected chi connectivity index (χ3v) is 4.97. The molecule has 1 heterocycles. The first-order valence-corrected chi connectivity index (χ1v) is 8.01. The molecule has 20 heavy (non-hydrogen) atoms. The molecule has 0 spiro atoms. The maximum atomic E-state index is 13.3. The third kappa shape index (κ3) is 3.47. The van der Waals surface area contributed by atoms with E-state index in [1.165, 1.54) is 0 Å². The van der Waals surface area contributed by atoms with Gasteiger partial charge in [0.05, 0.1) is 17.2 Å². The van der Waals surface area contributed by atoms with Crippen LogP contribution >= 0.6 is 0 Å². The van der Waals surface area contributed by atoms with Crippen LogP contribution in [0.1, 0.15) is 18.4 Å². The van der Waals surface area contributed by atoms with Crippen LogP contribution in [-0.2, 0) is 14.8 Å². The summed E-state index contributed by atoms with van der Waals surface area (Å²) in [5, 5.41) is 0. The Morgan fingerprint density at radius 2 is 2.25 bits per heavy atom. The van der Waals surface area contributed by atoms with E-state index >= 15 is 0 Å². The smallest absolute Gasteiger partial charge is 0.240 e. The number of sulfonamides is 1. The Balaban J connectivity index is 2.11. The number of ether oxygens (including phenoxy) is 1. The summed E-state index contributed by atoms with van der Waals surface area (Å²) < 4.78 is 45.6. The molecule has 3 N–H and O–H groups in total. The van der Waals surface area contributed by atoms with Crippen LogP contribution in [0.5, 0.6) is 0 Å². The van der Waals surface area contributed by atoms with Crippen LogP contribution in [0.3, 0.4) is 0 Å². The van der Waals surface area contributed by atoms with E-state index in [0.29, 0.717) is 18.7 Å². The van der Waals surface area contributed by atoms with E-state index in [4.69, 9.17) is 10.5 Å². The molecule has 7 heteroatoms. The second-order valence-electron chi connectivity index (χ2n) is 5.07. The summed E-state index contributed by atoms with van der Waals surface area (Å²) in [7, 11) is -3.68. The average molecular weight is 302 g/mol. The zero-order chi connectivity index (χ0) is 14.8.